The van der Waals surface area contributed by atoms with E-state index in [2.05, 4.69) is 33.5 Å². The number of rotatable bonds is 2. The third-order valence-electron chi connectivity index (χ3n) is 2.88. The summed E-state index contributed by atoms with van der Waals surface area (Å²) >= 11 is 3.18. The number of piperidine rings is 1. The molecule has 1 saturated heterocycles. The van der Waals surface area contributed by atoms with Crippen LogP contribution in [-0.4, -0.2) is 24.5 Å². The lowest BCUT2D eigenvalue weighted by Gasteiger charge is -2.30. The van der Waals surface area contributed by atoms with Crippen LogP contribution in [0, 0.1) is 0 Å². The topological polar surface area (TPSA) is 54.3 Å². The molecule has 0 bridgehead atoms. The van der Waals surface area contributed by atoms with Gasteiger partial charge < -0.3 is 15.1 Å². The van der Waals surface area contributed by atoms with Crippen LogP contribution in [-0.2, 0) is 0 Å². The fraction of sp³-hybridized carbons (Fsp3) is 0.545. The molecule has 2 atom stereocenters. The Morgan fingerprint density at radius 1 is 1.59 bits per heavy atom. The molecule has 1 aromatic rings. The predicted molar refractivity (Wildman–Crippen MR) is 71.6 cm³/mol. The van der Waals surface area contributed by atoms with Gasteiger partial charge in [0.25, 0.3) is 5.91 Å². The zero-order valence-corrected chi connectivity index (χ0v) is 11.9. The molecule has 2 rings (SSSR count). The smallest absolute Gasteiger partial charge is 0.287 e. The number of carbonyl (C=O) groups is 1. The summed E-state index contributed by atoms with van der Waals surface area (Å²) < 4.78 is 5.78. The van der Waals surface area contributed by atoms with E-state index in [1.165, 1.54) is 0 Å². The van der Waals surface area contributed by atoms with Gasteiger partial charge in [-0.3, -0.25) is 4.79 Å². The van der Waals surface area contributed by atoms with Gasteiger partial charge in [-0.1, -0.05) is 0 Å². The lowest BCUT2D eigenvalue weighted by molar-refractivity contribution is 0.0890. The van der Waals surface area contributed by atoms with E-state index in [0.29, 0.717) is 16.5 Å². The van der Waals surface area contributed by atoms with Crippen molar-refractivity contribution in [2.24, 2.45) is 0 Å². The molecule has 0 aromatic carbocycles. The number of furan rings is 1. The van der Waals surface area contributed by atoms with Crippen LogP contribution < -0.4 is 10.6 Å². The number of halogens is 2. The lowest BCUT2D eigenvalue weighted by Crippen LogP contribution is -2.51. The average molecular weight is 324 g/mol. The first kappa shape index (κ1) is 14.5. The van der Waals surface area contributed by atoms with Crippen molar-refractivity contribution in [1.29, 1.82) is 0 Å². The zero-order valence-electron chi connectivity index (χ0n) is 9.53. The molecule has 2 unspecified atom stereocenters. The van der Waals surface area contributed by atoms with Gasteiger partial charge in [0, 0.05) is 12.1 Å². The molecule has 0 spiro atoms. The molecule has 0 aliphatic carbocycles. The van der Waals surface area contributed by atoms with Gasteiger partial charge in [-0.2, -0.15) is 0 Å². The number of hydrogen-bond donors (Lipinski definition) is 2. The van der Waals surface area contributed by atoms with Gasteiger partial charge in [-0.25, -0.2) is 0 Å². The number of hydrogen-bond acceptors (Lipinski definition) is 3. The summed E-state index contributed by atoms with van der Waals surface area (Å²) in [4.78, 5) is 11.8. The third kappa shape index (κ3) is 3.72. The van der Waals surface area contributed by atoms with Gasteiger partial charge in [0.1, 0.15) is 0 Å². The Bertz CT molecular complexity index is 383. The second kappa shape index (κ2) is 6.42. The van der Waals surface area contributed by atoms with Gasteiger partial charge in [0.15, 0.2) is 10.4 Å². The Morgan fingerprint density at radius 3 is 2.94 bits per heavy atom. The lowest BCUT2D eigenvalue weighted by atomic mass is 10.00. The van der Waals surface area contributed by atoms with Crippen LogP contribution >= 0.6 is 28.3 Å². The molecule has 1 aliphatic heterocycles. The maximum atomic E-state index is 11.8. The van der Waals surface area contributed by atoms with Crippen molar-refractivity contribution >= 4 is 34.2 Å². The van der Waals surface area contributed by atoms with Crippen molar-refractivity contribution in [3.63, 3.8) is 0 Å². The van der Waals surface area contributed by atoms with E-state index in [1.54, 1.807) is 12.1 Å². The van der Waals surface area contributed by atoms with Gasteiger partial charge in [0.05, 0.1) is 0 Å². The molecule has 1 fully saturated rings. The second-order valence-electron chi connectivity index (χ2n) is 4.07. The summed E-state index contributed by atoms with van der Waals surface area (Å²) in [6.45, 7) is 3.11. The first-order chi connectivity index (χ1) is 7.66. The van der Waals surface area contributed by atoms with E-state index in [0.717, 1.165) is 19.4 Å². The summed E-state index contributed by atoms with van der Waals surface area (Å²) in [5.41, 5.74) is 0. The quantitative estimate of drug-likeness (QED) is 0.878. The summed E-state index contributed by atoms with van der Waals surface area (Å²) in [6, 6.07) is 3.89. The molecule has 96 valence electrons. The van der Waals surface area contributed by atoms with Gasteiger partial charge in [-0.15, -0.1) is 12.4 Å². The van der Waals surface area contributed by atoms with E-state index < -0.39 is 0 Å². The highest BCUT2D eigenvalue weighted by molar-refractivity contribution is 9.10. The molecule has 4 nitrogen and oxygen atoms in total. The monoisotopic (exact) mass is 322 g/mol. The van der Waals surface area contributed by atoms with Crippen molar-refractivity contribution in [3.8, 4) is 0 Å². The Labute approximate surface area is 115 Å². The van der Waals surface area contributed by atoms with E-state index in [4.69, 9.17) is 4.42 Å². The molecule has 2 heterocycles. The summed E-state index contributed by atoms with van der Waals surface area (Å²) in [7, 11) is 0. The second-order valence-corrected chi connectivity index (χ2v) is 4.85. The van der Waals surface area contributed by atoms with Gasteiger partial charge >= 0.3 is 0 Å². The van der Waals surface area contributed by atoms with Crippen LogP contribution in [0.3, 0.4) is 0 Å². The van der Waals surface area contributed by atoms with Crippen LogP contribution in [0.5, 0.6) is 0 Å². The van der Waals surface area contributed by atoms with E-state index in [9.17, 15) is 4.79 Å². The maximum absolute atomic E-state index is 11.8. The van der Waals surface area contributed by atoms with E-state index >= 15 is 0 Å². The first-order valence-electron chi connectivity index (χ1n) is 5.46. The van der Waals surface area contributed by atoms with Crippen molar-refractivity contribution in [2.75, 3.05) is 6.54 Å². The van der Waals surface area contributed by atoms with Crippen molar-refractivity contribution in [1.82, 2.24) is 10.6 Å². The number of nitrogens with one attached hydrogen (secondary N) is 2. The third-order valence-corrected chi connectivity index (χ3v) is 3.30. The highest BCUT2D eigenvalue weighted by Gasteiger charge is 2.23. The molecule has 2 N–H and O–H groups in total. The Balaban J connectivity index is 0.00000144. The van der Waals surface area contributed by atoms with Gasteiger partial charge in [-0.05, 0) is 54.4 Å². The van der Waals surface area contributed by atoms with Crippen LogP contribution in [0.25, 0.3) is 0 Å². The SMILES string of the molecule is CC1NCCCC1NC(=O)c1ccc(Br)o1.Cl. The standard InChI is InChI=1S/C11H15BrN2O2.ClH/c1-7-8(3-2-6-13-7)14-11(15)9-4-5-10(12)16-9;/h4-5,7-8,13H,2-3,6H2,1H3,(H,14,15);1H. The number of carbonyl (C=O) groups excluding carboxylic acids is 1. The first-order valence-corrected chi connectivity index (χ1v) is 6.25. The zero-order chi connectivity index (χ0) is 11.5. The minimum absolute atomic E-state index is 0. The molecule has 6 heteroatoms. The summed E-state index contributed by atoms with van der Waals surface area (Å²) in [5, 5.41) is 6.32. The Hall–Kier alpha value is -0.520. The Morgan fingerprint density at radius 2 is 2.35 bits per heavy atom. The molecular weight excluding hydrogens is 307 g/mol. The molecular formula is C11H16BrClN2O2. The molecule has 0 radical (unpaired) electrons. The fourth-order valence-electron chi connectivity index (χ4n) is 1.92. The minimum Gasteiger partial charge on any atom is -0.444 e. The largest absolute Gasteiger partial charge is 0.444 e. The van der Waals surface area contributed by atoms with Crippen LogP contribution in [0.1, 0.15) is 30.3 Å². The normalized spacial score (nSPS) is 23.9. The Kier molecular flexibility index (Phi) is 5.49. The van der Waals surface area contributed by atoms with Crippen molar-refractivity contribution in [3.05, 3.63) is 22.6 Å². The van der Waals surface area contributed by atoms with Crippen LogP contribution in [0.4, 0.5) is 0 Å². The summed E-state index contributed by atoms with van der Waals surface area (Å²) in [5.74, 6) is 0.205. The van der Waals surface area contributed by atoms with E-state index in [-0.39, 0.29) is 24.4 Å². The van der Waals surface area contributed by atoms with Crippen LogP contribution in [0.15, 0.2) is 21.2 Å². The minimum atomic E-state index is -0.147. The van der Waals surface area contributed by atoms with Crippen molar-refractivity contribution in [2.45, 2.75) is 31.8 Å². The summed E-state index contributed by atoms with van der Waals surface area (Å²) in [6.07, 6.45) is 2.11. The van der Waals surface area contributed by atoms with Gasteiger partial charge in [0.2, 0.25) is 0 Å². The van der Waals surface area contributed by atoms with E-state index in [1.807, 2.05) is 0 Å². The molecule has 1 aromatic heterocycles. The van der Waals surface area contributed by atoms with Crippen molar-refractivity contribution < 1.29 is 9.21 Å². The fourth-order valence-corrected chi connectivity index (χ4v) is 2.22. The highest BCUT2D eigenvalue weighted by Crippen LogP contribution is 2.15. The van der Waals surface area contributed by atoms with Crippen LogP contribution in [0.2, 0.25) is 0 Å². The molecule has 1 aliphatic rings. The predicted octanol–water partition coefficient (Wildman–Crippen LogP) is 2.33. The number of amides is 1. The average Bonchev–Trinajstić information content (AvgIpc) is 2.68. The molecule has 1 amide bonds. The molecule has 17 heavy (non-hydrogen) atoms. The maximum Gasteiger partial charge on any atom is 0.287 e. The highest BCUT2D eigenvalue weighted by atomic mass is 79.9. The molecule has 0 saturated carbocycles.